The molecule has 0 nitrogen and oxygen atoms in total. The fourth-order valence-corrected chi connectivity index (χ4v) is 9.81. The van der Waals surface area contributed by atoms with Gasteiger partial charge < -0.3 is 0 Å². The lowest BCUT2D eigenvalue weighted by Crippen LogP contribution is -2.55. The zero-order valence-corrected chi connectivity index (χ0v) is 21.7. The number of allylic oxidation sites excluding steroid dienone is 2. The molecule has 0 aromatic rings. The van der Waals surface area contributed by atoms with E-state index >= 15 is 0 Å². The normalized spacial score (nSPS) is 46.0. The Morgan fingerprint density at radius 1 is 0.900 bits per heavy atom. The van der Waals surface area contributed by atoms with Gasteiger partial charge in [0.2, 0.25) is 0 Å². The molecule has 0 aliphatic heterocycles. The summed E-state index contributed by atoms with van der Waals surface area (Å²) in [7, 11) is 0. The summed E-state index contributed by atoms with van der Waals surface area (Å²) in [5, 5.41) is 0. The highest BCUT2D eigenvalue weighted by Gasteiger charge is 2.64. The minimum atomic E-state index is 0.461. The lowest BCUT2D eigenvalue weighted by atomic mass is 9.41. The fourth-order valence-electron chi connectivity index (χ4n) is 9.81. The summed E-state index contributed by atoms with van der Waals surface area (Å²) in [6, 6.07) is 0. The molecule has 4 aliphatic rings. The Balaban J connectivity index is 1.59. The van der Waals surface area contributed by atoms with E-state index in [2.05, 4.69) is 61.5 Å². The number of fused-ring (bicyclic) bond motifs is 5. The highest BCUT2D eigenvalue weighted by atomic mass is 14.7. The van der Waals surface area contributed by atoms with E-state index in [0.717, 1.165) is 29.6 Å². The Kier molecular flexibility index (Phi) is 5.85. The average molecular weight is 413 g/mol. The van der Waals surface area contributed by atoms with Crippen LogP contribution in [0.1, 0.15) is 126 Å². The Morgan fingerprint density at radius 2 is 1.63 bits per heavy atom. The van der Waals surface area contributed by atoms with Crippen molar-refractivity contribution in [2.45, 2.75) is 126 Å². The van der Waals surface area contributed by atoms with E-state index < -0.39 is 0 Å². The van der Waals surface area contributed by atoms with Crippen LogP contribution in [0.5, 0.6) is 0 Å². The van der Waals surface area contributed by atoms with E-state index in [9.17, 15) is 0 Å². The Morgan fingerprint density at radius 3 is 2.33 bits per heavy atom. The van der Waals surface area contributed by atoms with E-state index in [0.29, 0.717) is 21.7 Å². The topological polar surface area (TPSA) is 0 Å². The molecular formula is C30H52. The lowest BCUT2D eigenvalue weighted by Gasteiger charge is -2.63. The van der Waals surface area contributed by atoms with Gasteiger partial charge in [-0.2, -0.15) is 0 Å². The molecule has 0 aromatic heterocycles. The third-order valence-corrected chi connectivity index (χ3v) is 11.8. The van der Waals surface area contributed by atoms with Gasteiger partial charge in [-0.25, -0.2) is 0 Å². The van der Waals surface area contributed by atoms with E-state index in [1.165, 1.54) is 70.6 Å². The second-order valence-corrected chi connectivity index (χ2v) is 14.1. The smallest absolute Gasteiger partial charge is 0.00568 e. The summed E-state index contributed by atoms with van der Waals surface area (Å²) in [5.74, 6) is 4.45. The molecule has 0 bridgehead atoms. The Bertz CT molecular complexity index is 668. The largest absolute Gasteiger partial charge is 0.0841 e. The zero-order chi connectivity index (χ0) is 21.9. The number of rotatable bonds is 5. The summed E-state index contributed by atoms with van der Waals surface area (Å²) >= 11 is 0. The van der Waals surface area contributed by atoms with Gasteiger partial charge in [0.15, 0.2) is 0 Å². The van der Waals surface area contributed by atoms with Crippen LogP contribution in [-0.4, -0.2) is 0 Å². The molecule has 3 fully saturated rings. The van der Waals surface area contributed by atoms with E-state index in [1.54, 1.807) is 0 Å². The Hall–Kier alpha value is -0.260. The molecule has 0 heteroatoms. The monoisotopic (exact) mass is 412 g/mol. The number of hydrogen-bond acceptors (Lipinski definition) is 0. The SMILES string of the molecule is CC(C)CCC[C@H](C)[C@@H]1CC[C@]2(C)C3=CCC4C(C)(C)CCC[C@]4(C)[C@H]3CC[C@@]12C. The van der Waals surface area contributed by atoms with Gasteiger partial charge in [0.25, 0.3) is 0 Å². The van der Waals surface area contributed by atoms with Crippen molar-refractivity contribution in [1.29, 1.82) is 0 Å². The van der Waals surface area contributed by atoms with Gasteiger partial charge in [0.05, 0.1) is 0 Å². The van der Waals surface area contributed by atoms with Gasteiger partial charge in [-0.05, 0) is 96.2 Å². The first-order chi connectivity index (χ1) is 14.0. The summed E-state index contributed by atoms with van der Waals surface area (Å²) < 4.78 is 0. The third-order valence-electron chi connectivity index (χ3n) is 11.8. The van der Waals surface area contributed by atoms with Gasteiger partial charge in [-0.3, -0.25) is 0 Å². The number of hydrogen-bond donors (Lipinski definition) is 0. The van der Waals surface area contributed by atoms with Crippen molar-refractivity contribution < 1.29 is 0 Å². The minimum Gasteiger partial charge on any atom is -0.0841 e. The van der Waals surface area contributed by atoms with Crippen LogP contribution < -0.4 is 0 Å². The standard InChI is InChI=1S/C30H52/c1-21(2)11-9-12-22(3)23-15-19-30(8)25-13-14-26-27(4,5)17-10-18-28(26,6)24(25)16-20-29(23,30)7/h13,21-24,26H,9-12,14-20H2,1-8H3/t22-,23-,24-,26?,28+,29-,30+/m0/s1. The maximum atomic E-state index is 2.81. The molecular weight excluding hydrogens is 360 g/mol. The van der Waals surface area contributed by atoms with Crippen LogP contribution in [0.2, 0.25) is 0 Å². The van der Waals surface area contributed by atoms with Crippen molar-refractivity contribution in [3.63, 3.8) is 0 Å². The minimum absolute atomic E-state index is 0.461. The van der Waals surface area contributed by atoms with Crippen molar-refractivity contribution in [1.82, 2.24) is 0 Å². The molecule has 0 N–H and O–H groups in total. The first-order valence-corrected chi connectivity index (χ1v) is 13.7. The Labute approximate surface area is 189 Å². The van der Waals surface area contributed by atoms with Crippen LogP contribution in [0, 0.1) is 51.2 Å². The molecule has 0 saturated heterocycles. The van der Waals surface area contributed by atoms with Crippen molar-refractivity contribution >= 4 is 0 Å². The van der Waals surface area contributed by atoms with Gasteiger partial charge in [0, 0.05) is 0 Å². The van der Waals surface area contributed by atoms with Crippen molar-refractivity contribution in [2.75, 3.05) is 0 Å². The van der Waals surface area contributed by atoms with Gasteiger partial charge in [0.1, 0.15) is 0 Å². The summed E-state index contributed by atoms with van der Waals surface area (Å²) in [6.45, 7) is 20.7. The zero-order valence-electron chi connectivity index (χ0n) is 21.7. The lowest BCUT2D eigenvalue weighted by molar-refractivity contribution is -0.0799. The maximum Gasteiger partial charge on any atom is -0.00568 e. The fraction of sp³-hybridized carbons (Fsp3) is 0.933. The first kappa shape index (κ1) is 22.9. The molecule has 0 heterocycles. The van der Waals surface area contributed by atoms with Crippen LogP contribution in [-0.2, 0) is 0 Å². The highest BCUT2D eigenvalue weighted by Crippen LogP contribution is 2.73. The third kappa shape index (κ3) is 3.28. The van der Waals surface area contributed by atoms with E-state index in [4.69, 9.17) is 0 Å². The molecule has 3 saturated carbocycles. The van der Waals surface area contributed by atoms with Crippen LogP contribution >= 0.6 is 0 Å². The average Bonchev–Trinajstić information content (AvgIpc) is 2.92. The van der Waals surface area contributed by atoms with E-state index in [-0.39, 0.29) is 0 Å². The van der Waals surface area contributed by atoms with Crippen LogP contribution in [0.4, 0.5) is 0 Å². The quantitative estimate of drug-likeness (QED) is 0.394. The molecule has 30 heavy (non-hydrogen) atoms. The van der Waals surface area contributed by atoms with Crippen molar-refractivity contribution in [3.8, 4) is 0 Å². The first-order valence-electron chi connectivity index (χ1n) is 13.7. The molecule has 0 amide bonds. The predicted octanol–water partition coefficient (Wildman–Crippen LogP) is 9.44. The van der Waals surface area contributed by atoms with Crippen LogP contribution in [0.3, 0.4) is 0 Å². The van der Waals surface area contributed by atoms with Gasteiger partial charge in [-0.1, -0.05) is 92.7 Å². The molecule has 7 atom stereocenters. The van der Waals surface area contributed by atoms with Crippen molar-refractivity contribution in [2.24, 2.45) is 51.2 Å². The molecule has 0 radical (unpaired) electrons. The highest BCUT2D eigenvalue weighted by molar-refractivity contribution is 5.33. The summed E-state index contributed by atoms with van der Waals surface area (Å²) in [6.07, 6.45) is 18.7. The molecule has 1 unspecified atom stereocenters. The second kappa shape index (κ2) is 7.66. The summed E-state index contributed by atoms with van der Waals surface area (Å²) in [4.78, 5) is 0. The molecule has 4 rings (SSSR count). The molecule has 172 valence electrons. The summed E-state index contributed by atoms with van der Waals surface area (Å²) in [5.41, 5.74) is 4.00. The second-order valence-electron chi connectivity index (χ2n) is 14.1. The maximum absolute atomic E-state index is 2.81. The molecule has 0 aromatic carbocycles. The molecule has 0 spiro atoms. The van der Waals surface area contributed by atoms with Gasteiger partial charge in [-0.15, -0.1) is 0 Å². The predicted molar refractivity (Wildman–Crippen MR) is 131 cm³/mol. The molecule has 4 aliphatic carbocycles. The van der Waals surface area contributed by atoms with Crippen molar-refractivity contribution in [3.05, 3.63) is 11.6 Å². The van der Waals surface area contributed by atoms with Crippen LogP contribution in [0.15, 0.2) is 11.6 Å². The van der Waals surface area contributed by atoms with E-state index in [1.807, 2.05) is 5.57 Å². The van der Waals surface area contributed by atoms with Crippen LogP contribution in [0.25, 0.3) is 0 Å². The van der Waals surface area contributed by atoms with Gasteiger partial charge >= 0.3 is 0 Å².